The highest BCUT2D eigenvalue weighted by Crippen LogP contribution is 2.19. The van der Waals surface area contributed by atoms with Crippen molar-refractivity contribution in [3.8, 4) is 0 Å². The van der Waals surface area contributed by atoms with Crippen molar-refractivity contribution in [2.45, 2.75) is 50.6 Å². The first-order chi connectivity index (χ1) is 10.7. The number of nitrogens with one attached hydrogen (secondary N) is 2. The molecule has 1 aromatic rings. The van der Waals surface area contributed by atoms with Crippen LogP contribution in [0.15, 0.2) is 17.5 Å². The molecule has 1 aromatic heterocycles. The summed E-state index contributed by atoms with van der Waals surface area (Å²) in [6.07, 6.45) is 6.33. The van der Waals surface area contributed by atoms with E-state index in [2.05, 4.69) is 10.6 Å². The number of amides is 3. The molecule has 6 heteroatoms. The fourth-order valence-corrected chi connectivity index (χ4v) is 3.85. The Kier molecular flexibility index (Phi) is 4.97. The van der Waals surface area contributed by atoms with Crippen molar-refractivity contribution in [2.75, 3.05) is 13.1 Å². The maximum absolute atomic E-state index is 12.2. The Hall–Kier alpha value is -1.56. The van der Waals surface area contributed by atoms with Gasteiger partial charge in [0.2, 0.25) is 0 Å². The molecule has 3 rings (SSSR count). The van der Waals surface area contributed by atoms with Gasteiger partial charge in [0, 0.05) is 25.2 Å². The molecule has 1 aliphatic heterocycles. The smallest absolute Gasteiger partial charge is 0.317 e. The van der Waals surface area contributed by atoms with Crippen LogP contribution in [0, 0.1) is 0 Å². The maximum Gasteiger partial charge on any atom is 0.317 e. The summed E-state index contributed by atoms with van der Waals surface area (Å²) in [6, 6.07) is 4.32. The van der Waals surface area contributed by atoms with Crippen molar-refractivity contribution in [3.63, 3.8) is 0 Å². The third kappa shape index (κ3) is 3.80. The molecule has 0 radical (unpaired) electrons. The lowest BCUT2D eigenvalue weighted by Crippen LogP contribution is -2.50. The first kappa shape index (κ1) is 15.3. The van der Waals surface area contributed by atoms with Gasteiger partial charge in [-0.1, -0.05) is 18.9 Å². The molecule has 0 unspecified atom stereocenters. The lowest BCUT2D eigenvalue weighted by molar-refractivity contribution is 0.0922. The minimum absolute atomic E-state index is 0.00357. The molecule has 22 heavy (non-hydrogen) atoms. The Labute approximate surface area is 135 Å². The molecule has 2 aliphatic rings. The van der Waals surface area contributed by atoms with Gasteiger partial charge in [-0.3, -0.25) is 4.79 Å². The number of hydrogen-bond donors (Lipinski definition) is 2. The van der Waals surface area contributed by atoms with Gasteiger partial charge in [0.25, 0.3) is 5.91 Å². The molecule has 0 spiro atoms. The van der Waals surface area contributed by atoms with E-state index in [9.17, 15) is 9.59 Å². The van der Waals surface area contributed by atoms with Crippen LogP contribution in [0.2, 0.25) is 0 Å². The predicted octanol–water partition coefficient (Wildman–Crippen LogP) is 2.59. The fraction of sp³-hybridized carbons (Fsp3) is 0.625. The van der Waals surface area contributed by atoms with E-state index in [0.29, 0.717) is 19.1 Å². The normalized spacial score (nSPS) is 20.1. The number of urea groups is 1. The van der Waals surface area contributed by atoms with Gasteiger partial charge in [0.05, 0.1) is 4.88 Å². The van der Waals surface area contributed by atoms with Crippen molar-refractivity contribution in [2.24, 2.45) is 0 Å². The summed E-state index contributed by atoms with van der Waals surface area (Å²) in [7, 11) is 0. The maximum atomic E-state index is 12.2. The van der Waals surface area contributed by atoms with E-state index in [1.807, 2.05) is 22.4 Å². The molecule has 5 nitrogen and oxygen atoms in total. The highest BCUT2D eigenvalue weighted by molar-refractivity contribution is 7.12. The van der Waals surface area contributed by atoms with Crippen molar-refractivity contribution >= 4 is 23.3 Å². The molecule has 0 bridgehead atoms. The first-order valence-electron chi connectivity index (χ1n) is 8.12. The van der Waals surface area contributed by atoms with Crippen LogP contribution in [0.5, 0.6) is 0 Å². The van der Waals surface area contributed by atoms with Crippen LogP contribution in [0.4, 0.5) is 4.79 Å². The number of piperidine rings is 1. The number of carbonyl (C=O) groups is 2. The molecule has 1 saturated carbocycles. The first-order valence-corrected chi connectivity index (χ1v) is 9.00. The van der Waals surface area contributed by atoms with Crippen LogP contribution in [0.3, 0.4) is 0 Å². The average Bonchev–Trinajstić information content (AvgIpc) is 3.21. The van der Waals surface area contributed by atoms with Gasteiger partial charge in [-0.15, -0.1) is 11.3 Å². The SMILES string of the molecule is O=C(NC1CCN(C(=O)NC2CCCC2)CC1)c1cccs1. The van der Waals surface area contributed by atoms with Gasteiger partial charge in [-0.05, 0) is 37.1 Å². The number of rotatable bonds is 3. The number of nitrogens with zero attached hydrogens (tertiary/aromatic N) is 1. The van der Waals surface area contributed by atoms with Gasteiger partial charge < -0.3 is 15.5 Å². The molecule has 120 valence electrons. The molecule has 0 atom stereocenters. The van der Waals surface area contributed by atoms with E-state index >= 15 is 0 Å². The van der Waals surface area contributed by atoms with Gasteiger partial charge in [0.15, 0.2) is 0 Å². The Morgan fingerprint density at radius 3 is 2.36 bits per heavy atom. The number of likely N-dealkylation sites (tertiary alicyclic amines) is 1. The number of thiophene rings is 1. The Morgan fingerprint density at radius 2 is 1.73 bits per heavy atom. The largest absolute Gasteiger partial charge is 0.348 e. The zero-order valence-electron chi connectivity index (χ0n) is 12.7. The Balaban J connectivity index is 1.42. The van der Waals surface area contributed by atoms with E-state index in [1.54, 1.807) is 0 Å². The van der Waals surface area contributed by atoms with Gasteiger partial charge in [-0.2, -0.15) is 0 Å². The summed E-state index contributed by atoms with van der Waals surface area (Å²) >= 11 is 1.46. The zero-order chi connectivity index (χ0) is 15.4. The van der Waals surface area contributed by atoms with Crippen molar-refractivity contribution in [1.29, 1.82) is 0 Å². The molecule has 2 heterocycles. The summed E-state index contributed by atoms with van der Waals surface area (Å²) < 4.78 is 0. The van der Waals surface area contributed by atoms with Gasteiger partial charge >= 0.3 is 6.03 Å². The van der Waals surface area contributed by atoms with E-state index < -0.39 is 0 Å². The number of hydrogen-bond acceptors (Lipinski definition) is 3. The Morgan fingerprint density at radius 1 is 1.05 bits per heavy atom. The summed E-state index contributed by atoms with van der Waals surface area (Å²) in [4.78, 5) is 26.9. The van der Waals surface area contributed by atoms with Gasteiger partial charge in [0.1, 0.15) is 0 Å². The minimum atomic E-state index is 0.00357. The second-order valence-electron chi connectivity index (χ2n) is 6.14. The fourth-order valence-electron chi connectivity index (χ4n) is 3.23. The molecule has 0 aromatic carbocycles. The topological polar surface area (TPSA) is 61.4 Å². The number of carbonyl (C=O) groups excluding carboxylic acids is 2. The quantitative estimate of drug-likeness (QED) is 0.899. The van der Waals surface area contributed by atoms with E-state index in [0.717, 1.165) is 30.6 Å². The van der Waals surface area contributed by atoms with Crippen LogP contribution >= 0.6 is 11.3 Å². The molecule has 1 aliphatic carbocycles. The summed E-state index contributed by atoms with van der Waals surface area (Å²) in [5, 5.41) is 8.10. The van der Waals surface area contributed by atoms with Crippen LogP contribution in [-0.4, -0.2) is 42.0 Å². The average molecular weight is 321 g/mol. The third-order valence-electron chi connectivity index (χ3n) is 4.55. The molecule has 3 amide bonds. The molecular weight excluding hydrogens is 298 g/mol. The van der Waals surface area contributed by atoms with Crippen molar-refractivity contribution in [1.82, 2.24) is 15.5 Å². The minimum Gasteiger partial charge on any atom is -0.348 e. The predicted molar refractivity (Wildman–Crippen MR) is 87.2 cm³/mol. The molecule has 2 fully saturated rings. The summed E-state index contributed by atoms with van der Waals surface area (Å²) in [6.45, 7) is 1.43. The standard InChI is InChI=1S/C16H23N3O2S/c20-15(14-6-3-11-22-14)17-13-7-9-19(10-8-13)16(21)18-12-4-1-2-5-12/h3,6,11-13H,1-2,4-5,7-10H2,(H,17,20)(H,18,21). The highest BCUT2D eigenvalue weighted by Gasteiger charge is 2.26. The molecule has 1 saturated heterocycles. The zero-order valence-corrected chi connectivity index (χ0v) is 13.5. The second kappa shape index (κ2) is 7.13. The summed E-state index contributed by atoms with van der Waals surface area (Å²) in [5.74, 6) is 0.00357. The molecular formula is C16H23N3O2S. The monoisotopic (exact) mass is 321 g/mol. The molecule has 2 N–H and O–H groups in total. The van der Waals surface area contributed by atoms with Crippen molar-refractivity contribution in [3.05, 3.63) is 22.4 Å². The highest BCUT2D eigenvalue weighted by atomic mass is 32.1. The van der Waals surface area contributed by atoms with Crippen LogP contribution in [0.1, 0.15) is 48.2 Å². The Bertz CT molecular complexity index is 503. The summed E-state index contributed by atoms with van der Waals surface area (Å²) in [5.41, 5.74) is 0. The second-order valence-corrected chi connectivity index (χ2v) is 7.09. The third-order valence-corrected chi connectivity index (χ3v) is 5.41. The van der Waals surface area contributed by atoms with Crippen molar-refractivity contribution < 1.29 is 9.59 Å². The van der Waals surface area contributed by atoms with Crippen LogP contribution < -0.4 is 10.6 Å². The van der Waals surface area contributed by atoms with Crippen LogP contribution in [-0.2, 0) is 0 Å². The van der Waals surface area contributed by atoms with E-state index in [1.165, 1.54) is 24.2 Å². The lowest BCUT2D eigenvalue weighted by atomic mass is 10.1. The van der Waals surface area contributed by atoms with Gasteiger partial charge in [-0.25, -0.2) is 4.79 Å². The lowest BCUT2D eigenvalue weighted by Gasteiger charge is -2.33. The van der Waals surface area contributed by atoms with Crippen LogP contribution in [0.25, 0.3) is 0 Å². The van der Waals surface area contributed by atoms with E-state index in [-0.39, 0.29) is 18.0 Å². The van der Waals surface area contributed by atoms with E-state index in [4.69, 9.17) is 0 Å².